The van der Waals surface area contributed by atoms with Crippen molar-refractivity contribution in [2.45, 2.75) is 25.8 Å². The van der Waals surface area contributed by atoms with Crippen LogP contribution in [0.1, 0.15) is 30.5 Å². The number of hydrogen-bond donors (Lipinski definition) is 1. The molecule has 1 aliphatic rings. The molecule has 1 nitrogen and oxygen atoms in total. The molecule has 3 heteroatoms. The predicted octanol–water partition coefficient (Wildman–Crippen LogP) is 3.19. The minimum Gasteiger partial charge on any atom is -0.299 e. The van der Waals surface area contributed by atoms with E-state index in [0.717, 1.165) is 28.4 Å². The highest BCUT2D eigenvalue weighted by atomic mass is 79.9. The number of hydrogen-bond acceptors (Lipinski definition) is 1. The van der Waals surface area contributed by atoms with Gasteiger partial charge in [-0.25, -0.2) is 4.39 Å². The average molecular weight is 282 g/mol. The molecule has 0 saturated heterocycles. The lowest BCUT2D eigenvalue weighted by Crippen LogP contribution is -2.19. The van der Waals surface area contributed by atoms with Crippen molar-refractivity contribution >= 4 is 15.9 Å². The summed E-state index contributed by atoms with van der Waals surface area (Å²) < 4.78 is 14.4. The summed E-state index contributed by atoms with van der Waals surface area (Å²) in [6.07, 6.45) is 1.76. The monoisotopic (exact) mass is 281 g/mol. The molecule has 0 saturated carbocycles. The zero-order valence-corrected chi connectivity index (χ0v) is 10.7. The maximum absolute atomic E-state index is 13.6. The fourth-order valence-electron chi connectivity index (χ4n) is 2.12. The molecule has 0 fully saturated rings. The van der Waals surface area contributed by atoms with E-state index in [0.29, 0.717) is 6.54 Å². The molecule has 0 aromatic heterocycles. The lowest BCUT2D eigenvalue weighted by atomic mass is 10.1. The van der Waals surface area contributed by atoms with Gasteiger partial charge in [-0.3, -0.25) is 5.32 Å². The van der Waals surface area contributed by atoms with Crippen LogP contribution in [-0.4, -0.2) is 6.54 Å². The second-order valence-electron chi connectivity index (χ2n) is 3.85. The van der Waals surface area contributed by atoms with E-state index in [9.17, 15) is 4.39 Å². The Morgan fingerprint density at radius 2 is 2.38 bits per heavy atom. The first-order valence-electron chi connectivity index (χ1n) is 5.33. The highest BCUT2D eigenvalue weighted by Crippen LogP contribution is 2.34. The normalized spacial score (nSPS) is 17.8. The summed E-state index contributed by atoms with van der Waals surface area (Å²) >= 11 is 3.33. The van der Waals surface area contributed by atoms with Crippen LogP contribution >= 0.6 is 15.9 Å². The Bertz CT molecular complexity index is 459. The molecular weight excluding hydrogens is 269 g/mol. The molecule has 1 unspecified atom stereocenters. The molecule has 0 amide bonds. The van der Waals surface area contributed by atoms with Crippen LogP contribution in [0.4, 0.5) is 4.39 Å². The molecule has 1 aromatic rings. The van der Waals surface area contributed by atoms with E-state index in [2.05, 4.69) is 33.1 Å². The van der Waals surface area contributed by atoms with Gasteiger partial charge in [0.15, 0.2) is 0 Å². The standard InChI is InChI=1S/C13H13BrFN/c1-2-3-6-16-13-5-4-10-11(13)7-9(14)8-12(10)15/h7-8,13,16H,4-6H2,1H3. The second-order valence-corrected chi connectivity index (χ2v) is 4.77. The van der Waals surface area contributed by atoms with Crippen molar-refractivity contribution in [3.8, 4) is 11.8 Å². The second kappa shape index (κ2) is 4.99. The van der Waals surface area contributed by atoms with Gasteiger partial charge in [-0.1, -0.05) is 21.9 Å². The van der Waals surface area contributed by atoms with Crippen LogP contribution in [0.15, 0.2) is 16.6 Å². The zero-order valence-electron chi connectivity index (χ0n) is 9.11. The van der Waals surface area contributed by atoms with Gasteiger partial charge in [-0.05, 0) is 43.0 Å². The Morgan fingerprint density at radius 3 is 3.12 bits per heavy atom. The Morgan fingerprint density at radius 1 is 1.56 bits per heavy atom. The Kier molecular flexibility index (Phi) is 3.63. The van der Waals surface area contributed by atoms with Crippen molar-refractivity contribution in [2.24, 2.45) is 0 Å². The first-order valence-corrected chi connectivity index (χ1v) is 6.12. The van der Waals surface area contributed by atoms with Crippen molar-refractivity contribution in [1.29, 1.82) is 0 Å². The Labute approximate surface area is 104 Å². The molecule has 1 aliphatic carbocycles. The average Bonchev–Trinajstić information content (AvgIpc) is 2.62. The molecule has 0 spiro atoms. The highest BCUT2D eigenvalue weighted by molar-refractivity contribution is 9.10. The van der Waals surface area contributed by atoms with E-state index < -0.39 is 0 Å². The molecule has 2 rings (SSSR count). The molecule has 0 bridgehead atoms. The molecular formula is C13H13BrFN. The molecule has 1 atom stereocenters. The first kappa shape index (κ1) is 11.6. The van der Waals surface area contributed by atoms with E-state index in [4.69, 9.17) is 0 Å². The van der Waals surface area contributed by atoms with Gasteiger partial charge in [-0.2, -0.15) is 0 Å². The van der Waals surface area contributed by atoms with Gasteiger partial charge >= 0.3 is 0 Å². The zero-order chi connectivity index (χ0) is 11.5. The van der Waals surface area contributed by atoms with Gasteiger partial charge in [-0.15, -0.1) is 5.92 Å². The van der Waals surface area contributed by atoms with Crippen molar-refractivity contribution in [3.05, 3.63) is 33.5 Å². The number of rotatable bonds is 2. The van der Waals surface area contributed by atoms with Gasteiger partial charge in [0.1, 0.15) is 5.82 Å². The summed E-state index contributed by atoms with van der Waals surface area (Å²) in [4.78, 5) is 0. The summed E-state index contributed by atoms with van der Waals surface area (Å²) in [5.74, 6) is 5.71. The van der Waals surface area contributed by atoms with Crippen molar-refractivity contribution in [2.75, 3.05) is 6.54 Å². The minimum atomic E-state index is -0.102. The van der Waals surface area contributed by atoms with E-state index in [1.807, 2.05) is 13.0 Å². The third-order valence-corrected chi connectivity index (χ3v) is 3.32. The van der Waals surface area contributed by atoms with Crippen molar-refractivity contribution < 1.29 is 4.39 Å². The Balaban J connectivity index is 2.20. The van der Waals surface area contributed by atoms with Crippen LogP contribution in [0.25, 0.3) is 0 Å². The molecule has 0 heterocycles. The van der Waals surface area contributed by atoms with Crippen molar-refractivity contribution in [1.82, 2.24) is 5.32 Å². The maximum Gasteiger partial charge on any atom is 0.127 e. The summed E-state index contributed by atoms with van der Waals surface area (Å²) in [7, 11) is 0. The fraction of sp³-hybridized carbons (Fsp3) is 0.385. The van der Waals surface area contributed by atoms with Crippen LogP contribution < -0.4 is 5.32 Å². The fourth-order valence-corrected chi connectivity index (χ4v) is 2.56. The summed E-state index contributed by atoms with van der Waals surface area (Å²) in [5.41, 5.74) is 1.93. The summed E-state index contributed by atoms with van der Waals surface area (Å²) in [5, 5.41) is 3.33. The SMILES string of the molecule is CC#CCNC1CCc2c(F)cc(Br)cc21. The first-order chi connectivity index (χ1) is 7.72. The molecule has 0 radical (unpaired) electrons. The van der Waals surface area contributed by atoms with Gasteiger partial charge in [0.25, 0.3) is 0 Å². The quantitative estimate of drug-likeness (QED) is 0.821. The number of halogens is 2. The number of nitrogens with one attached hydrogen (secondary N) is 1. The van der Waals surface area contributed by atoms with E-state index in [1.165, 1.54) is 6.07 Å². The van der Waals surface area contributed by atoms with Crippen LogP contribution in [-0.2, 0) is 6.42 Å². The van der Waals surface area contributed by atoms with E-state index in [1.54, 1.807) is 0 Å². The summed E-state index contributed by atoms with van der Waals surface area (Å²) in [6, 6.07) is 3.78. The Hall–Kier alpha value is -0.850. The van der Waals surface area contributed by atoms with Gasteiger partial charge < -0.3 is 0 Å². The predicted molar refractivity (Wildman–Crippen MR) is 66.6 cm³/mol. The summed E-state index contributed by atoms with van der Waals surface area (Å²) in [6.45, 7) is 2.48. The topological polar surface area (TPSA) is 12.0 Å². The third kappa shape index (κ3) is 2.28. The lowest BCUT2D eigenvalue weighted by Gasteiger charge is -2.12. The smallest absolute Gasteiger partial charge is 0.127 e. The molecule has 0 aliphatic heterocycles. The molecule has 84 valence electrons. The highest BCUT2D eigenvalue weighted by Gasteiger charge is 2.24. The van der Waals surface area contributed by atoms with Gasteiger partial charge in [0.05, 0.1) is 6.54 Å². The number of fused-ring (bicyclic) bond motifs is 1. The third-order valence-electron chi connectivity index (χ3n) is 2.87. The maximum atomic E-state index is 13.6. The molecule has 1 N–H and O–H groups in total. The van der Waals surface area contributed by atoms with Crippen molar-refractivity contribution in [3.63, 3.8) is 0 Å². The van der Waals surface area contributed by atoms with Gasteiger partial charge in [0.2, 0.25) is 0 Å². The van der Waals surface area contributed by atoms with Crippen LogP contribution in [0, 0.1) is 17.7 Å². The van der Waals surface area contributed by atoms with Crippen LogP contribution in [0.2, 0.25) is 0 Å². The van der Waals surface area contributed by atoms with Crippen LogP contribution in [0.3, 0.4) is 0 Å². The van der Waals surface area contributed by atoms with Crippen LogP contribution in [0.5, 0.6) is 0 Å². The number of benzene rings is 1. The van der Waals surface area contributed by atoms with E-state index in [-0.39, 0.29) is 11.9 Å². The van der Waals surface area contributed by atoms with E-state index >= 15 is 0 Å². The molecule has 1 aromatic carbocycles. The molecule has 16 heavy (non-hydrogen) atoms. The minimum absolute atomic E-state index is 0.102. The lowest BCUT2D eigenvalue weighted by molar-refractivity contribution is 0.568. The largest absolute Gasteiger partial charge is 0.299 e. The van der Waals surface area contributed by atoms with Gasteiger partial charge in [0, 0.05) is 10.5 Å².